The smallest absolute Gasteiger partial charge is 0.129 e. The van der Waals surface area contributed by atoms with Gasteiger partial charge in [-0.3, -0.25) is 0 Å². The van der Waals surface area contributed by atoms with E-state index in [1.54, 1.807) is 0 Å². The molecule has 1 aliphatic rings. The van der Waals surface area contributed by atoms with E-state index < -0.39 is 0 Å². The van der Waals surface area contributed by atoms with Gasteiger partial charge in [-0.1, -0.05) is 178 Å². The van der Waals surface area contributed by atoms with Crippen LogP contribution >= 0.6 is 0 Å². The Bertz CT molecular complexity index is 3130. The molecule has 65 heavy (non-hydrogen) atoms. The summed E-state index contributed by atoms with van der Waals surface area (Å²) >= 11 is 0. The van der Waals surface area contributed by atoms with E-state index in [-0.39, 0.29) is 16.2 Å². The van der Waals surface area contributed by atoms with Crippen molar-refractivity contribution in [3.05, 3.63) is 199 Å². The summed E-state index contributed by atoms with van der Waals surface area (Å²) < 4.78 is 9.20. The van der Waals surface area contributed by atoms with Crippen molar-refractivity contribution in [2.75, 3.05) is 16.5 Å². The number of rotatable bonds is 7. The lowest BCUT2D eigenvalue weighted by Gasteiger charge is -2.28. The van der Waals surface area contributed by atoms with Gasteiger partial charge in [-0.25, -0.2) is 0 Å². The largest absolute Gasteiger partial charge is 0.457 e. The maximum absolute atomic E-state index is 6.82. The van der Waals surface area contributed by atoms with E-state index in [9.17, 15) is 0 Å². The first-order chi connectivity index (χ1) is 31.1. The summed E-state index contributed by atoms with van der Waals surface area (Å²) in [5.41, 5.74) is 16.9. The van der Waals surface area contributed by atoms with Crippen molar-refractivity contribution in [3.8, 4) is 39.4 Å². The number of fused-ring (bicyclic) bond motifs is 4. The van der Waals surface area contributed by atoms with Crippen molar-refractivity contribution in [1.82, 2.24) is 4.57 Å². The molecular weight excluding hydrogens is 791 g/mol. The molecule has 0 spiro atoms. The Morgan fingerprint density at radius 2 is 0.908 bits per heavy atom. The number of nitrogens with zero attached hydrogens (tertiary/aromatic N) is 3. The van der Waals surface area contributed by atoms with E-state index in [2.05, 4.69) is 259 Å². The molecule has 2 heterocycles. The molecule has 0 amide bonds. The maximum Gasteiger partial charge on any atom is 0.129 e. The summed E-state index contributed by atoms with van der Waals surface area (Å²) in [6.45, 7) is 21.1. The Labute approximate surface area is 385 Å². The van der Waals surface area contributed by atoms with Crippen LogP contribution in [-0.4, -0.2) is 11.2 Å². The predicted octanol–water partition coefficient (Wildman–Crippen LogP) is 17.0. The Morgan fingerprint density at radius 1 is 0.385 bits per heavy atom. The molecule has 8 aromatic carbocycles. The Hall–Kier alpha value is -7.04. The molecule has 0 N–H and O–H groups in total. The monoisotopic (exact) mass is 849 g/mol. The summed E-state index contributed by atoms with van der Waals surface area (Å²) in [5, 5.41) is 2.43. The minimum absolute atomic E-state index is 0.0311. The third-order valence-corrected chi connectivity index (χ3v) is 13.2. The second-order valence-corrected chi connectivity index (χ2v) is 20.8. The van der Waals surface area contributed by atoms with Crippen LogP contribution in [0.4, 0.5) is 22.7 Å². The highest BCUT2D eigenvalue weighted by Crippen LogP contribution is 2.51. The van der Waals surface area contributed by atoms with Crippen LogP contribution in [0, 0.1) is 0 Å². The van der Waals surface area contributed by atoms with Crippen molar-refractivity contribution in [2.45, 2.75) is 78.6 Å². The van der Waals surface area contributed by atoms with Crippen molar-refractivity contribution >= 4 is 44.6 Å². The zero-order chi connectivity index (χ0) is 45.3. The Morgan fingerprint density at radius 3 is 1.54 bits per heavy atom. The molecule has 0 saturated carbocycles. The fraction of sp³-hybridized carbons (Fsp3) is 0.213. The SMILES string of the molecule is CC(C)(C)c1ccc(-c2cccc(-c3ccc(C(C)(C)C)cc3)c2N2CN(c3cccc(Oc4ccc5c6ccccc6n(-c6cccc(C(C)(C)C)c6)c5c4)c3)c3ccccc32)cc1. The number of hydrogen-bond donors (Lipinski definition) is 0. The summed E-state index contributed by atoms with van der Waals surface area (Å²) in [6, 6.07) is 66.6. The molecule has 1 aromatic heterocycles. The Kier molecular flexibility index (Phi) is 10.3. The van der Waals surface area contributed by atoms with Gasteiger partial charge in [-0.15, -0.1) is 0 Å². The average Bonchev–Trinajstić information content (AvgIpc) is 3.84. The number of aromatic nitrogens is 1. The van der Waals surface area contributed by atoms with Crippen molar-refractivity contribution in [3.63, 3.8) is 0 Å². The number of para-hydroxylation sites is 4. The molecule has 0 atom stereocenters. The summed E-state index contributed by atoms with van der Waals surface area (Å²) in [7, 11) is 0. The third-order valence-electron chi connectivity index (χ3n) is 13.2. The van der Waals surface area contributed by atoms with Gasteiger partial charge in [0.2, 0.25) is 0 Å². The van der Waals surface area contributed by atoms with Gasteiger partial charge in [-0.05, 0) is 98.7 Å². The van der Waals surface area contributed by atoms with Crippen LogP contribution in [0.25, 0.3) is 49.7 Å². The molecule has 324 valence electrons. The van der Waals surface area contributed by atoms with Crippen LogP contribution in [0.3, 0.4) is 0 Å². The fourth-order valence-corrected chi connectivity index (χ4v) is 9.48. The van der Waals surface area contributed by atoms with Gasteiger partial charge in [0.05, 0.1) is 28.1 Å². The highest BCUT2D eigenvalue weighted by molar-refractivity contribution is 6.09. The topological polar surface area (TPSA) is 20.6 Å². The van der Waals surface area contributed by atoms with Crippen LogP contribution in [-0.2, 0) is 16.2 Å². The minimum Gasteiger partial charge on any atom is -0.457 e. The first-order valence-electron chi connectivity index (χ1n) is 23.0. The fourth-order valence-electron chi connectivity index (χ4n) is 9.48. The molecule has 0 aliphatic carbocycles. The van der Waals surface area contributed by atoms with Gasteiger partial charge >= 0.3 is 0 Å². The van der Waals surface area contributed by atoms with E-state index in [1.165, 1.54) is 66.6 Å². The lowest BCUT2D eigenvalue weighted by atomic mass is 9.85. The van der Waals surface area contributed by atoms with Crippen LogP contribution in [0.15, 0.2) is 182 Å². The number of hydrogen-bond acceptors (Lipinski definition) is 3. The molecule has 0 unspecified atom stereocenters. The molecule has 4 heteroatoms. The van der Waals surface area contributed by atoms with Gasteiger partial charge in [-0.2, -0.15) is 0 Å². The molecule has 4 nitrogen and oxygen atoms in total. The molecule has 0 saturated heterocycles. The first kappa shape index (κ1) is 41.9. The molecule has 0 radical (unpaired) electrons. The van der Waals surface area contributed by atoms with Crippen molar-refractivity contribution in [1.29, 1.82) is 0 Å². The molecule has 9 aromatic rings. The molecule has 0 bridgehead atoms. The second kappa shape index (κ2) is 15.9. The molecule has 10 rings (SSSR count). The summed E-state index contributed by atoms with van der Waals surface area (Å²) in [6.07, 6.45) is 0. The van der Waals surface area contributed by atoms with E-state index in [1.807, 2.05) is 0 Å². The van der Waals surface area contributed by atoms with Gasteiger partial charge in [0.25, 0.3) is 0 Å². The summed E-state index contributed by atoms with van der Waals surface area (Å²) in [4.78, 5) is 4.92. The standard InChI is InChI=1S/C61H59N3O/c1-59(2,3)43-31-27-41(28-32-43)50-22-16-23-51(42-29-33-44(34-30-42)60(4,5)6)58(50)63-40-62(55-25-12-13-26-56(55)63)46-18-15-20-48(38-46)65-49-35-36-53-52-21-10-11-24-54(52)64(57(53)39-49)47-19-14-17-45(37-47)61(7,8)9/h10-39H,40H2,1-9H3. The number of anilines is 4. The van der Waals surface area contributed by atoms with Crippen molar-refractivity contribution < 1.29 is 4.74 Å². The zero-order valence-electron chi connectivity index (χ0n) is 39.3. The van der Waals surface area contributed by atoms with Crippen LogP contribution in [0.5, 0.6) is 11.5 Å². The van der Waals surface area contributed by atoms with E-state index in [0.29, 0.717) is 6.67 Å². The normalized spacial score (nSPS) is 13.2. The maximum atomic E-state index is 6.82. The van der Waals surface area contributed by atoms with Gasteiger partial charge in [0.15, 0.2) is 0 Å². The highest BCUT2D eigenvalue weighted by atomic mass is 16.5. The van der Waals surface area contributed by atoms with Crippen molar-refractivity contribution in [2.24, 2.45) is 0 Å². The van der Waals surface area contributed by atoms with Gasteiger partial charge in [0, 0.05) is 45.4 Å². The second-order valence-electron chi connectivity index (χ2n) is 20.8. The van der Waals surface area contributed by atoms with Crippen LogP contribution in [0.1, 0.15) is 79.0 Å². The molecule has 0 fully saturated rings. The lowest BCUT2D eigenvalue weighted by molar-refractivity contribution is 0.483. The average molecular weight is 850 g/mol. The first-order valence-corrected chi connectivity index (χ1v) is 23.0. The Balaban J connectivity index is 1.04. The van der Waals surface area contributed by atoms with Gasteiger partial charge in [0.1, 0.15) is 18.2 Å². The third kappa shape index (κ3) is 7.86. The zero-order valence-corrected chi connectivity index (χ0v) is 39.3. The van der Waals surface area contributed by atoms with E-state index >= 15 is 0 Å². The quantitative estimate of drug-likeness (QED) is 0.159. The summed E-state index contributed by atoms with van der Waals surface area (Å²) in [5.74, 6) is 1.58. The number of ether oxygens (including phenoxy) is 1. The molecular formula is C61H59N3O. The highest BCUT2D eigenvalue weighted by Gasteiger charge is 2.32. The van der Waals surface area contributed by atoms with E-state index in [4.69, 9.17) is 4.74 Å². The van der Waals surface area contributed by atoms with Gasteiger partial charge < -0.3 is 19.1 Å². The van der Waals surface area contributed by atoms with E-state index in [0.717, 1.165) is 34.1 Å². The van der Waals surface area contributed by atoms with Crippen LogP contribution in [0.2, 0.25) is 0 Å². The predicted molar refractivity (Wildman–Crippen MR) is 276 cm³/mol. The minimum atomic E-state index is 0.0311. The van der Waals surface area contributed by atoms with Crippen LogP contribution < -0.4 is 14.5 Å². The molecule has 1 aliphatic heterocycles. The number of benzene rings is 8. The lowest BCUT2D eigenvalue weighted by Crippen LogP contribution is -2.25.